The van der Waals surface area contributed by atoms with Gasteiger partial charge in [-0.1, -0.05) is 6.92 Å². The van der Waals surface area contributed by atoms with Crippen molar-refractivity contribution in [2.45, 2.75) is 33.0 Å². The largest absolute Gasteiger partial charge is 0.401 e. The van der Waals surface area contributed by atoms with Gasteiger partial charge in [0.15, 0.2) is 0 Å². The van der Waals surface area contributed by atoms with E-state index in [9.17, 15) is 13.2 Å². The fourth-order valence-corrected chi connectivity index (χ4v) is 2.10. The Kier molecular flexibility index (Phi) is 4.62. The van der Waals surface area contributed by atoms with Gasteiger partial charge in [-0.05, 0) is 38.8 Å². The van der Waals surface area contributed by atoms with Gasteiger partial charge < -0.3 is 5.32 Å². The molecule has 0 radical (unpaired) electrons. The second kappa shape index (κ2) is 5.36. The van der Waals surface area contributed by atoms with Crippen LogP contribution in [0.25, 0.3) is 0 Å². The summed E-state index contributed by atoms with van der Waals surface area (Å²) in [6.07, 6.45) is -4.10. The molecule has 0 bridgehead atoms. The quantitative estimate of drug-likeness (QED) is 0.807. The lowest BCUT2D eigenvalue weighted by Gasteiger charge is -2.31. The van der Waals surface area contributed by atoms with E-state index < -0.39 is 12.7 Å². The van der Waals surface area contributed by atoms with Crippen molar-refractivity contribution in [2.75, 3.05) is 26.2 Å². The van der Waals surface area contributed by atoms with Crippen LogP contribution in [0.2, 0.25) is 0 Å². The van der Waals surface area contributed by atoms with Gasteiger partial charge in [0.05, 0.1) is 6.54 Å². The number of nitrogens with one attached hydrogen (secondary N) is 1. The first-order valence-corrected chi connectivity index (χ1v) is 5.81. The predicted octanol–water partition coefficient (Wildman–Crippen LogP) is 2.11. The maximum atomic E-state index is 12.4. The van der Waals surface area contributed by atoms with Gasteiger partial charge in [-0.25, -0.2) is 0 Å². The van der Waals surface area contributed by atoms with Crippen LogP contribution in [0.1, 0.15) is 20.8 Å². The van der Waals surface area contributed by atoms with Crippen LogP contribution in [0.4, 0.5) is 13.2 Å². The standard InChI is InChI=1S/C11H21F3N2/c1-8(2)16(7-11(12,13)14)6-10-5-15-4-9(10)3/h8-10,15H,4-7H2,1-3H3/t9-,10+/m1/s1. The van der Waals surface area contributed by atoms with Crippen LogP contribution >= 0.6 is 0 Å². The van der Waals surface area contributed by atoms with Crippen LogP contribution in [-0.2, 0) is 0 Å². The SMILES string of the molecule is CC(C)N(C[C@@H]1CNC[C@H]1C)CC(F)(F)F. The molecule has 1 rings (SSSR count). The zero-order chi connectivity index (χ0) is 12.3. The summed E-state index contributed by atoms with van der Waals surface area (Å²) in [6.45, 7) is 7.22. The number of rotatable bonds is 4. The lowest BCUT2D eigenvalue weighted by Crippen LogP contribution is -2.43. The molecular weight excluding hydrogens is 217 g/mol. The van der Waals surface area contributed by atoms with Crippen LogP contribution in [-0.4, -0.2) is 43.3 Å². The summed E-state index contributed by atoms with van der Waals surface area (Å²) in [7, 11) is 0. The van der Waals surface area contributed by atoms with Crippen molar-refractivity contribution < 1.29 is 13.2 Å². The third-order valence-corrected chi connectivity index (χ3v) is 3.26. The average Bonchev–Trinajstić information content (AvgIpc) is 2.48. The van der Waals surface area contributed by atoms with Crippen LogP contribution in [0, 0.1) is 11.8 Å². The molecule has 96 valence electrons. The molecule has 1 fully saturated rings. The number of hydrogen-bond acceptors (Lipinski definition) is 2. The van der Waals surface area contributed by atoms with Gasteiger partial charge in [0.2, 0.25) is 0 Å². The summed E-state index contributed by atoms with van der Waals surface area (Å²) in [6, 6.07) is -0.0607. The molecule has 0 aromatic rings. The molecule has 0 amide bonds. The van der Waals surface area contributed by atoms with E-state index >= 15 is 0 Å². The third kappa shape index (κ3) is 4.29. The Balaban J connectivity index is 2.51. The normalized spacial score (nSPS) is 27.0. The zero-order valence-corrected chi connectivity index (χ0v) is 10.1. The Hall–Kier alpha value is -0.290. The third-order valence-electron chi connectivity index (χ3n) is 3.26. The molecule has 0 aromatic carbocycles. The Labute approximate surface area is 95.2 Å². The molecule has 2 atom stereocenters. The van der Waals surface area contributed by atoms with E-state index in [1.807, 2.05) is 13.8 Å². The Morgan fingerprint density at radius 3 is 2.31 bits per heavy atom. The molecule has 1 N–H and O–H groups in total. The minimum atomic E-state index is -4.10. The molecule has 2 nitrogen and oxygen atoms in total. The lowest BCUT2D eigenvalue weighted by molar-refractivity contribution is -0.151. The summed E-state index contributed by atoms with van der Waals surface area (Å²) in [5.74, 6) is 0.805. The van der Waals surface area contributed by atoms with Crippen molar-refractivity contribution >= 4 is 0 Å². The highest BCUT2D eigenvalue weighted by Crippen LogP contribution is 2.22. The van der Waals surface area contributed by atoms with E-state index in [0.29, 0.717) is 18.4 Å². The van der Waals surface area contributed by atoms with Gasteiger partial charge in [-0.2, -0.15) is 13.2 Å². The molecule has 1 aliphatic heterocycles. The number of hydrogen-bond donors (Lipinski definition) is 1. The topological polar surface area (TPSA) is 15.3 Å². The van der Waals surface area contributed by atoms with Gasteiger partial charge in [0.1, 0.15) is 0 Å². The first kappa shape index (κ1) is 13.8. The van der Waals surface area contributed by atoms with Crippen LogP contribution in [0.3, 0.4) is 0 Å². The number of alkyl halides is 3. The van der Waals surface area contributed by atoms with Gasteiger partial charge >= 0.3 is 6.18 Å². The fraction of sp³-hybridized carbons (Fsp3) is 1.00. The molecule has 5 heteroatoms. The van der Waals surface area contributed by atoms with E-state index in [0.717, 1.165) is 13.1 Å². The van der Waals surface area contributed by atoms with Gasteiger partial charge in [0, 0.05) is 12.6 Å². The second-order valence-electron chi connectivity index (χ2n) is 5.03. The smallest absolute Gasteiger partial charge is 0.316 e. The first-order valence-electron chi connectivity index (χ1n) is 5.81. The van der Waals surface area contributed by atoms with Gasteiger partial charge in [-0.15, -0.1) is 0 Å². The van der Waals surface area contributed by atoms with Gasteiger partial charge in [-0.3, -0.25) is 4.90 Å². The zero-order valence-electron chi connectivity index (χ0n) is 10.1. The van der Waals surface area contributed by atoms with E-state index in [2.05, 4.69) is 12.2 Å². The van der Waals surface area contributed by atoms with Gasteiger partial charge in [0.25, 0.3) is 0 Å². The molecule has 1 saturated heterocycles. The Morgan fingerprint density at radius 1 is 1.31 bits per heavy atom. The highest BCUT2D eigenvalue weighted by atomic mass is 19.4. The molecule has 0 saturated carbocycles. The second-order valence-corrected chi connectivity index (χ2v) is 5.03. The van der Waals surface area contributed by atoms with Crippen LogP contribution < -0.4 is 5.32 Å². The van der Waals surface area contributed by atoms with Crippen molar-refractivity contribution in [1.82, 2.24) is 10.2 Å². The fourth-order valence-electron chi connectivity index (χ4n) is 2.10. The molecule has 0 unspecified atom stereocenters. The van der Waals surface area contributed by atoms with Crippen molar-refractivity contribution in [1.29, 1.82) is 0 Å². The number of halogens is 3. The minimum absolute atomic E-state index is 0.0607. The molecule has 1 aliphatic rings. The molecule has 0 aromatic heterocycles. The van der Waals surface area contributed by atoms with Crippen LogP contribution in [0.15, 0.2) is 0 Å². The summed E-state index contributed by atoms with van der Waals surface area (Å²) in [5, 5.41) is 3.22. The molecule has 0 spiro atoms. The summed E-state index contributed by atoms with van der Waals surface area (Å²) < 4.78 is 37.1. The van der Waals surface area contributed by atoms with E-state index in [1.165, 1.54) is 4.90 Å². The van der Waals surface area contributed by atoms with Crippen molar-refractivity contribution in [3.8, 4) is 0 Å². The Bertz CT molecular complexity index is 216. The summed E-state index contributed by atoms with van der Waals surface area (Å²) in [4.78, 5) is 1.52. The lowest BCUT2D eigenvalue weighted by atomic mass is 9.97. The van der Waals surface area contributed by atoms with Crippen molar-refractivity contribution in [2.24, 2.45) is 11.8 Å². The number of nitrogens with zero attached hydrogens (tertiary/aromatic N) is 1. The van der Waals surface area contributed by atoms with E-state index in [-0.39, 0.29) is 6.04 Å². The maximum Gasteiger partial charge on any atom is 0.401 e. The maximum absolute atomic E-state index is 12.4. The summed E-state index contributed by atoms with van der Waals surface area (Å²) in [5.41, 5.74) is 0. The summed E-state index contributed by atoms with van der Waals surface area (Å²) >= 11 is 0. The highest BCUT2D eigenvalue weighted by Gasteiger charge is 2.34. The van der Waals surface area contributed by atoms with Crippen molar-refractivity contribution in [3.05, 3.63) is 0 Å². The molecule has 1 heterocycles. The minimum Gasteiger partial charge on any atom is -0.316 e. The van der Waals surface area contributed by atoms with Crippen LogP contribution in [0.5, 0.6) is 0 Å². The average molecular weight is 238 g/mol. The first-order chi connectivity index (χ1) is 7.29. The molecule has 0 aliphatic carbocycles. The van der Waals surface area contributed by atoms with E-state index in [4.69, 9.17) is 0 Å². The molecular formula is C11H21F3N2. The highest BCUT2D eigenvalue weighted by molar-refractivity contribution is 4.82. The van der Waals surface area contributed by atoms with Crippen molar-refractivity contribution in [3.63, 3.8) is 0 Å². The Morgan fingerprint density at radius 2 is 1.94 bits per heavy atom. The monoisotopic (exact) mass is 238 g/mol. The predicted molar refractivity (Wildman–Crippen MR) is 58.3 cm³/mol. The van der Waals surface area contributed by atoms with E-state index in [1.54, 1.807) is 0 Å². The molecule has 16 heavy (non-hydrogen) atoms.